The Balaban J connectivity index is 1.38. The van der Waals surface area contributed by atoms with Gasteiger partial charge in [0.05, 0.1) is 0 Å². The molecule has 1 aromatic carbocycles. The molecule has 1 N–H and O–H groups in total. The van der Waals surface area contributed by atoms with E-state index in [2.05, 4.69) is 15.3 Å². The molecular formula is C23H24FN3O2. The van der Waals surface area contributed by atoms with Gasteiger partial charge in [0.15, 0.2) is 5.78 Å². The maximum Gasteiger partial charge on any atom is 0.289 e. The van der Waals surface area contributed by atoms with Gasteiger partial charge >= 0.3 is 0 Å². The van der Waals surface area contributed by atoms with Crippen molar-refractivity contribution in [1.82, 2.24) is 15.3 Å². The molecule has 1 amide bonds. The lowest BCUT2D eigenvalue weighted by molar-refractivity contribution is -0.0771. The number of ketones is 1. The molecule has 2 aromatic rings. The lowest BCUT2D eigenvalue weighted by Crippen LogP contribution is -2.63. The zero-order chi connectivity index (χ0) is 20.1. The van der Waals surface area contributed by atoms with Crippen LogP contribution in [0.2, 0.25) is 0 Å². The molecule has 4 bridgehead atoms. The number of carbonyl (C=O) groups excluding carboxylic acids is 2. The van der Waals surface area contributed by atoms with E-state index in [1.54, 1.807) is 30.6 Å². The predicted molar refractivity (Wildman–Crippen MR) is 105 cm³/mol. The van der Waals surface area contributed by atoms with Crippen LogP contribution in [0.4, 0.5) is 4.39 Å². The zero-order valence-electron chi connectivity index (χ0n) is 16.2. The highest BCUT2D eigenvalue weighted by atomic mass is 19.1. The second-order valence-corrected chi connectivity index (χ2v) is 9.38. The van der Waals surface area contributed by atoms with Crippen molar-refractivity contribution < 1.29 is 14.0 Å². The van der Waals surface area contributed by atoms with Gasteiger partial charge in [0.25, 0.3) is 5.91 Å². The van der Waals surface area contributed by atoms with Crippen LogP contribution >= 0.6 is 0 Å². The number of benzene rings is 1. The van der Waals surface area contributed by atoms with Crippen LogP contribution in [0.5, 0.6) is 0 Å². The topological polar surface area (TPSA) is 72.0 Å². The highest BCUT2D eigenvalue weighted by Gasteiger charge is 2.58. The molecule has 0 aliphatic heterocycles. The summed E-state index contributed by atoms with van der Waals surface area (Å²) < 4.78 is 13.6. The Kier molecular flexibility index (Phi) is 4.26. The second kappa shape index (κ2) is 6.71. The van der Waals surface area contributed by atoms with Crippen LogP contribution in [0.1, 0.15) is 65.9 Å². The van der Waals surface area contributed by atoms with Gasteiger partial charge in [-0.05, 0) is 74.0 Å². The van der Waals surface area contributed by atoms with E-state index in [9.17, 15) is 14.0 Å². The predicted octanol–water partition coefficient (Wildman–Crippen LogP) is 3.96. The van der Waals surface area contributed by atoms with Gasteiger partial charge < -0.3 is 5.32 Å². The van der Waals surface area contributed by atoms with Crippen molar-refractivity contribution in [3.05, 3.63) is 59.9 Å². The Bertz CT molecular complexity index is 948. The zero-order valence-corrected chi connectivity index (χ0v) is 16.2. The van der Waals surface area contributed by atoms with Crippen LogP contribution in [0.3, 0.4) is 0 Å². The van der Waals surface area contributed by atoms with Gasteiger partial charge in [-0.2, -0.15) is 0 Å². The van der Waals surface area contributed by atoms with Crippen LogP contribution in [-0.2, 0) is 0 Å². The van der Waals surface area contributed by atoms with E-state index >= 15 is 0 Å². The van der Waals surface area contributed by atoms with Crippen molar-refractivity contribution in [3.8, 4) is 0 Å². The summed E-state index contributed by atoms with van der Waals surface area (Å²) in [5.74, 6) is 0.613. The molecule has 4 fully saturated rings. The third-order valence-electron chi connectivity index (χ3n) is 7.01. The van der Waals surface area contributed by atoms with E-state index in [0.29, 0.717) is 23.8 Å². The Hall–Kier alpha value is -2.63. The Morgan fingerprint density at radius 3 is 2.48 bits per heavy atom. The third-order valence-corrected chi connectivity index (χ3v) is 7.01. The number of hydrogen-bond acceptors (Lipinski definition) is 4. The number of nitrogens with zero attached hydrogens (tertiary/aromatic N) is 2. The summed E-state index contributed by atoms with van der Waals surface area (Å²) in [6, 6.07) is 7.65. The number of amides is 1. The first-order valence-electron chi connectivity index (χ1n) is 10.3. The van der Waals surface area contributed by atoms with E-state index < -0.39 is 0 Å². The SMILES string of the molecule is O=C(CC12CC3CC(C1)CC(NC(=O)c1ncccn1)(C3)C2)c1cccc(F)c1. The van der Waals surface area contributed by atoms with Gasteiger partial charge in [0.2, 0.25) is 5.82 Å². The summed E-state index contributed by atoms with van der Waals surface area (Å²) in [7, 11) is 0. The van der Waals surface area contributed by atoms with E-state index in [-0.39, 0.29) is 34.3 Å². The van der Waals surface area contributed by atoms with Gasteiger partial charge in [-0.1, -0.05) is 12.1 Å². The summed E-state index contributed by atoms with van der Waals surface area (Å²) in [6.45, 7) is 0. The highest BCUT2D eigenvalue weighted by molar-refractivity contribution is 5.96. The molecule has 6 rings (SSSR count). The molecule has 0 spiro atoms. The number of hydrogen-bond donors (Lipinski definition) is 1. The summed E-state index contributed by atoms with van der Waals surface area (Å²) in [5.41, 5.74) is 0.0393. The summed E-state index contributed by atoms with van der Waals surface area (Å²) in [5, 5.41) is 3.25. The van der Waals surface area contributed by atoms with Gasteiger partial charge in [-0.3, -0.25) is 9.59 Å². The molecule has 4 aliphatic rings. The maximum atomic E-state index is 13.6. The van der Waals surface area contributed by atoms with Crippen LogP contribution in [0.25, 0.3) is 0 Å². The van der Waals surface area contributed by atoms with Crippen LogP contribution in [-0.4, -0.2) is 27.2 Å². The van der Waals surface area contributed by atoms with Crippen molar-refractivity contribution in [1.29, 1.82) is 0 Å². The van der Waals surface area contributed by atoms with Crippen molar-refractivity contribution in [3.63, 3.8) is 0 Å². The van der Waals surface area contributed by atoms with Crippen LogP contribution in [0.15, 0.2) is 42.7 Å². The van der Waals surface area contributed by atoms with Crippen molar-refractivity contribution in [2.45, 2.75) is 50.5 Å². The molecule has 29 heavy (non-hydrogen) atoms. The average Bonchev–Trinajstić information content (AvgIpc) is 2.67. The van der Waals surface area contributed by atoms with E-state index in [4.69, 9.17) is 0 Å². The summed E-state index contributed by atoms with van der Waals surface area (Å²) >= 11 is 0. The molecule has 1 aromatic heterocycles. The minimum atomic E-state index is -0.382. The normalized spacial score (nSPS) is 32.2. The van der Waals surface area contributed by atoms with Crippen LogP contribution in [0, 0.1) is 23.1 Å². The standard InChI is InChI=1S/C23H24FN3O2/c24-18-4-1-3-17(8-18)19(28)13-22-9-15-7-16(10-22)12-23(11-15,14-22)27-21(29)20-25-5-2-6-26-20/h1-6,8,15-16H,7,9-14H2,(H,27,29). The first-order valence-corrected chi connectivity index (χ1v) is 10.3. The molecule has 1 heterocycles. The van der Waals surface area contributed by atoms with E-state index in [1.807, 2.05) is 0 Å². The molecule has 0 saturated heterocycles. The molecular weight excluding hydrogens is 369 g/mol. The van der Waals surface area contributed by atoms with Gasteiger partial charge in [-0.15, -0.1) is 0 Å². The quantitative estimate of drug-likeness (QED) is 0.781. The Morgan fingerprint density at radius 2 is 1.79 bits per heavy atom. The average molecular weight is 393 g/mol. The largest absolute Gasteiger partial charge is 0.344 e. The lowest BCUT2D eigenvalue weighted by Gasteiger charge is -2.62. The monoisotopic (exact) mass is 393 g/mol. The fourth-order valence-corrected chi connectivity index (χ4v) is 6.62. The maximum absolute atomic E-state index is 13.6. The smallest absolute Gasteiger partial charge is 0.289 e. The van der Waals surface area contributed by atoms with Crippen molar-refractivity contribution in [2.75, 3.05) is 0 Å². The molecule has 5 nitrogen and oxygen atoms in total. The van der Waals surface area contributed by atoms with Gasteiger partial charge in [-0.25, -0.2) is 14.4 Å². The summed E-state index contributed by atoms with van der Waals surface area (Å²) in [6.07, 6.45) is 9.48. The molecule has 6 heteroatoms. The molecule has 2 unspecified atom stereocenters. The first-order chi connectivity index (χ1) is 13.9. The first kappa shape index (κ1) is 18.4. The second-order valence-electron chi connectivity index (χ2n) is 9.38. The fourth-order valence-electron chi connectivity index (χ4n) is 6.62. The Labute approximate surface area is 169 Å². The lowest BCUT2D eigenvalue weighted by atomic mass is 9.46. The van der Waals surface area contributed by atoms with E-state index in [1.165, 1.54) is 18.6 Å². The van der Waals surface area contributed by atoms with Crippen molar-refractivity contribution >= 4 is 11.7 Å². The van der Waals surface area contributed by atoms with Crippen molar-refractivity contribution in [2.24, 2.45) is 17.3 Å². The van der Waals surface area contributed by atoms with Crippen LogP contribution < -0.4 is 5.32 Å². The Morgan fingerprint density at radius 1 is 1.07 bits per heavy atom. The molecule has 150 valence electrons. The molecule has 0 radical (unpaired) electrons. The highest BCUT2D eigenvalue weighted by Crippen LogP contribution is 2.63. The van der Waals surface area contributed by atoms with Gasteiger partial charge in [0, 0.05) is 29.9 Å². The number of nitrogens with one attached hydrogen (secondary N) is 1. The molecule has 4 saturated carbocycles. The molecule has 2 atom stereocenters. The number of carbonyl (C=O) groups is 2. The number of aromatic nitrogens is 2. The molecule has 4 aliphatic carbocycles. The third kappa shape index (κ3) is 3.45. The van der Waals surface area contributed by atoms with Gasteiger partial charge in [0.1, 0.15) is 5.82 Å². The minimum absolute atomic E-state index is 0.000630. The minimum Gasteiger partial charge on any atom is -0.344 e. The number of halogens is 1. The van der Waals surface area contributed by atoms with E-state index in [0.717, 1.165) is 32.1 Å². The number of Topliss-reactive ketones (excluding diaryl/α,β-unsaturated/α-hetero) is 1. The summed E-state index contributed by atoms with van der Waals surface area (Å²) in [4.78, 5) is 33.9. The fraction of sp³-hybridized carbons (Fsp3) is 0.478. The number of rotatable bonds is 5.